The number of aromatic nitrogens is 1. The molecule has 0 unspecified atom stereocenters. The first-order valence-electron chi connectivity index (χ1n) is 5.76. The second kappa shape index (κ2) is 6.19. The van der Waals surface area contributed by atoms with Gasteiger partial charge in [0, 0.05) is 27.9 Å². The molecule has 0 radical (unpaired) electrons. The van der Waals surface area contributed by atoms with E-state index in [2.05, 4.69) is 26.2 Å². The number of halogens is 2. The molecule has 1 heterocycles. The van der Waals surface area contributed by atoms with Gasteiger partial charge in [-0.3, -0.25) is 14.9 Å². The topological polar surface area (TPSA) is 85.1 Å². The number of anilines is 1. The van der Waals surface area contributed by atoms with Crippen LogP contribution < -0.4 is 5.32 Å². The first-order chi connectivity index (χ1) is 9.88. The van der Waals surface area contributed by atoms with Crippen LogP contribution in [-0.2, 0) is 0 Å². The summed E-state index contributed by atoms with van der Waals surface area (Å²) in [7, 11) is 0. The van der Waals surface area contributed by atoms with E-state index in [-0.39, 0.29) is 16.4 Å². The number of hydrogen-bond acceptors (Lipinski definition) is 4. The zero-order valence-electron chi connectivity index (χ0n) is 10.8. The first kappa shape index (κ1) is 15.4. The predicted octanol–water partition coefficient (Wildman–Crippen LogP) is 3.97. The molecule has 0 saturated heterocycles. The quantitative estimate of drug-likeness (QED) is 0.503. The van der Waals surface area contributed by atoms with E-state index in [0.29, 0.717) is 15.7 Å². The largest absolute Gasteiger partial charge is 0.319 e. The van der Waals surface area contributed by atoms with E-state index in [0.717, 1.165) is 0 Å². The van der Waals surface area contributed by atoms with E-state index in [4.69, 9.17) is 11.6 Å². The number of hydrogen-bond donors (Lipinski definition) is 1. The molecule has 2 aromatic rings. The lowest BCUT2D eigenvalue weighted by Gasteiger charge is -2.07. The molecule has 1 aromatic heterocycles. The summed E-state index contributed by atoms with van der Waals surface area (Å²) in [5.74, 6) is -0.500. The smallest absolute Gasteiger partial charge is 0.273 e. The molecule has 0 aliphatic heterocycles. The summed E-state index contributed by atoms with van der Waals surface area (Å²) >= 11 is 9.10. The van der Waals surface area contributed by atoms with Crippen LogP contribution in [0, 0.1) is 17.0 Å². The second-order valence-corrected chi connectivity index (χ2v) is 5.48. The monoisotopic (exact) mass is 369 g/mol. The predicted molar refractivity (Wildman–Crippen MR) is 82.7 cm³/mol. The molecule has 8 heteroatoms. The molecule has 0 atom stereocenters. The van der Waals surface area contributed by atoms with Gasteiger partial charge in [-0.25, -0.2) is 4.98 Å². The van der Waals surface area contributed by atoms with Crippen LogP contribution in [0.25, 0.3) is 0 Å². The van der Waals surface area contributed by atoms with Crippen LogP contribution in [-0.4, -0.2) is 15.8 Å². The number of rotatable bonds is 3. The Hall–Kier alpha value is -1.99. The minimum Gasteiger partial charge on any atom is -0.319 e. The van der Waals surface area contributed by atoms with Crippen LogP contribution in [0.3, 0.4) is 0 Å². The number of nitrogens with zero attached hydrogens (tertiary/aromatic N) is 2. The van der Waals surface area contributed by atoms with Crippen molar-refractivity contribution in [3.8, 4) is 0 Å². The Bertz CT molecular complexity index is 737. The lowest BCUT2D eigenvalue weighted by molar-refractivity contribution is -0.385. The van der Waals surface area contributed by atoms with Crippen molar-refractivity contribution in [1.29, 1.82) is 0 Å². The number of aryl methyl sites for hydroxylation is 1. The number of pyridine rings is 1. The van der Waals surface area contributed by atoms with Gasteiger partial charge in [0.2, 0.25) is 0 Å². The van der Waals surface area contributed by atoms with Crippen LogP contribution in [0.2, 0.25) is 5.15 Å². The molecule has 0 spiro atoms. The standard InChI is InChI=1S/C13H9BrClN3O3/c1-7-2-3-8(4-11(7)18(20)21)13(19)17-10-5-9(14)6-16-12(10)15/h2-6H,1H3,(H,17,19). The third kappa shape index (κ3) is 3.56. The number of nitro groups is 1. The highest BCUT2D eigenvalue weighted by Crippen LogP contribution is 2.24. The highest BCUT2D eigenvalue weighted by Gasteiger charge is 2.16. The second-order valence-electron chi connectivity index (χ2n) is 4.20. The molecule has 108 valence electrons. The number of carbonyl (C=O) groups is 1. The summed E-state index contributed by atoms with van der Waals surface area (Å²) in [4.78, 5) is 26.4. The van der Waals surface area contributed by atoms with Crippen molar-refractivity contribution in [2.75, 3.05) is 5.32 Å². The molecular formula is C13H9BrClN3O3. The number of benzene rings is 1. The summed E-state index contributed by atoms with van der Waals surface area (Å²) in [5, 5.41) is 13.6. The van der Waals surface area contributed by atoms with Gasteiger partial charge < -0.3 is 5.32 Å². The van der Waals surface area contributed by atoms with Crippen LogP contribution in [0.1, 0.15) is 15.9 Å². The van der Waals surface area contributed by atoms with Crippen molar-refractivity contribution >= 4 is 44.8 Å². The maximum Gasteiger partial charge on any atom is 0.273 e. The van der Waals surface area contributed by atoms with Crippen molar-refractivity contribution in [3.05, 3.63) is 61.3 Å². The van der Waals surface area contributed by atoms with E-state index in [9.17, 15) is 14.9 Å². The summed E-state index contributed by atoms with van der Waals surface area (Å²) in [6.45, 7) is 1.61. The van der Waals surface area contributed by atoms with Gasteiger partial charge in [0.05, 0.1) is 10.6 Å². The highest BCUT2D eigenvalue weighted by atomic mass is 79.9. The molecule has 0 saturated carbocycles. The van der Waals surface area contributed by atoms with Crippen LogP contribution >= 0.6 is 27.5 Å². The molecule has 2 rings (SSSR count). The molecule has 1 amide bonds. The Balaban J connectivity index is 2.30. The molecule has 1 N–H and O–H groups in total. The van der Waals surface area contributed by atoms with Gasteiger partial charge in [-0.05, 0) is 35.0 Å². The Morgan fingerprint density at radius 3 is 2.81 bits per heavy atom. The van der Waals surface area contributed by atoms with Crippen molar-refractivity contribution in [1.82, 2.24) is 4.98 Å². The van der Waals surface area contributed by atoms with Gasteiger partial charge in [0.15, 0.2) is 5.15 Å². The maximum atomic E-state index is 12.1. The average molecular weight is 371 g/mol. The van der Waals surface area contributed by atoms with Gasteiger partial charge in [-0.2, -0.15) is 0 Å². The number of amides is 1. The molecule has 0 aliphatic carbocycles. The summed E-state index contributed by atoms with van der Waals surface area (Å²) < 4.78 is 0.650. The van der Waals surface area contributed by atoms with Gasteiger partial charge >= 0.3 is 0 Å². The third-order valence-corrected chi connectivity index (χ3v) is 3.46. The van der Waals surface area contributed by atoms with E-state index < -0.39 is 10.8 Å². The summed E-state index contributed by atoms with van der Waals surface area (Å²) in [6, 6.07) is 5.85. The van der Waals surface area contributed by atoms with Crippen molar-refractivity contribution in [2.45, 2.75) is 6.92 Å². The average Bonchev–Trinajstić information content (AvgIpc) is 2.43. The third-order valence-electron chi connectivity index (χ3n) is 2.72. The molecule has 0 aliphatic rings. The van der Waals surface area contributed by atoms with Gasteiger partial charge in [0.25, 0.3) is 11.6 Å². The molecular weight excluding hydrogens is 362 g/mol. The zero-order chi connectivity index (χ0) is 15.6. The normalized spacial score (nSPS) is 10.2. The highest BCUT2D eigenvalue weighted by molar-refractivity contribution is 9.10. The van der Waals surface area contributed by atoms with Gasteiger partial charge in [0.1, 0.15) is 0 Å². The molecule has 6 nitrogen and oxygen atoms in total. The van der Waals surface area contributed by atoms with Crippen LogP contribution in [0.5, 0.6) is 0 Å². The molecule has 0 fully saturated rings. The van der Waals surface area contributed by atoms with Crippen molar-refractivity contribution < 1.29 is 9.72 Å². The van der Waals surface area contributed by atoms with Crippen LogP contribution in [0.4, 0.5) is 11.4 Å². The molecule has 21 heavy (non-hydrogen) atoms. The van der Waals surface area contributed by atoms with Crippen molar-refractivity contribution in [2.24, 2.45) is 0 Å². The molecule has 0 bridgehead atoms. The lowest BCUT2D eigenvalue weighted by Crippen LogP contribution is -2.13. The molecule has 1 aromatic carbocycles. The Morgan fingerprint density at radius 2 is 2.14 bits per heavy atom. The van der Waals surface area contributed by atoms with Gasteiger partial charge in [-0.15, -0.1) is 0 Å². The summed E-state index contributed by atoms with van der Waals surface area (Å²) in [5.41, 5.74) is 0.863. The number of carbonyl (C=O) groups excluding carboxylic acids is 1. The van der Waals surface area contributed by atoms with Gasteiger partial charge in [-0.1, -0.05) is 17.7 Å². The fourth-order valence-corrected chi connectivity index (χ4v) is 2.13. The Morgan fingerprint density at radius 1 is 1.43 bits per heavy atom. The Labute approximate surface area is 133 Å². The first-order valence-corrected chi connectivity index (χ1v) is 6.93. The fraction of sp³-hybridized carbons (Fsp3) is 0.0769. The van der Waals surface area contributed by atoms with E-state index in [1.54, 1.807) is 13.0 Å². The summed E-state index contributed by atoms with van der Waals surface area (Å²) in [6.07, 6.45) is 1.49. The minimum absolute atomic E-state index is 0.110. The van der Waals surface area contributed by atoms with Crippen LogP contribution in [0.15, 0.2) is 34.9 Å². The SMILES string of the molecule is Cc1ccc(C(=O)Nc2cc(Br)cnc2Cl)cc1[N+](=O)[O-]. The Kier molecular flexibility index (Phi) is 4.54. The fourth-order valence-electron chi connectivity index (χ4n) is 1.65. The minimum atomic E-state index is -0.528. The lowest BCUT2D eigenvalue weighted by atomic mass is 10.1. The van der Waals surface area contributed by atoms with Crippen molar-refractivity contribution in [3.63, 3.8) is 0 Å². The maximum absolute atomic E-state index is 12.1. The van der Waals surface area contributed by atoms with E-state index >= 15 is 0 Å². The number of nitrogens with one attached hydrogen (secondary N) is 1. The zero-order valence-corrected chi connectivity index (χ0v) is 13.1. The number of nitro benzene ring substituents is 1. The van der Waals surface area contributed by atoms with E-state index in [1.165, 1.54) is 24.4 Å². The van der Waals surface area contributed by atoms with E-state index in [1.807, 2.05) is 0 Å².